The minimum atomic E-state index is -3.86. The lowest BCUT2D eigenvalue weighted by atomic mass is 10.0. The number of hydrogen-bond donors (Lipinski definition) is 2. The summed E-state index contributed by atoms with van der Waals surface area (Å²) in [7, 11) is -3.86. The van der Waals surface area contributed by atoms with Crippen molar-refractivity contribution in [3.63, 3.8) is 0 Å². The number of rotatable bonds is 8. The van der Waals surface area contributed by atoms with Crippen LogP contribution in [0.2, 0.25) is 5.15 Å². The fourth-order valence-electron chi connectivity index (χ4n) is 3.29. The van der Waals surface area contributed by atoms with Crippen LogP contribution in [0.4, 0.5) is 0 Å². The van der Waals surface area contributed by atoms with Gasteiger partial charge in [-0.25, -0.2) is 23.3 Å². The van der Waals surface area contributed by atoms with Crippen molar-refractivity contribution in [1.29, 1.82) is 0 Å². The highest BCUT2D eigenvalue weighted by Crippen LogP contribution is 2.27. The number of unbranched alkanes of at least 4 members (excludes halogenated alkanes) is 1. The normalized spacial score (nSPS) is 11.6. The van der Waals surface area contributed by atoms with Crippen LogP contribution in [0, 0.1) is 0 Å². The first-order chi connectivity index (χ1) is 14.2. The summed E-state index contributed by atoms with van der Waals surface area (Å²) in [6.07, 6.45) is 2.45. The summed E-state index contributed by atoms with van der Waals surface area (Å²) in [6.45, 7) is 2.34. The van der Waals surface area contributed by atoms with E-state index in [1.165, 1.54) is 6.07 Å². The van der Waals surface area contributed by atoms with Crippen molar-refractivity contribution in [2.45, 2.75) is 37.6 Å². The Balaban J connectivity index is 1.95. The predicted molar refractivity (Wildman–Crippen MR) is 115 cm³/mol. The minimum Gasteiger partial charge on any atom is -0.476 e. The molecule has 1 aromatic heterocycles. The van der Waals surface area contributed by atoms with Crippen LogP contribution >= 0.6 is 11.6 Å². The Morgan fingerprint density at radius 2 is 1.83 bits per heavy atom. The van der Waals surface area contributed by atoms with E-state index in [1.807, 2.05) is 19.1 Å². The number of hydrogen-bond acceptors (Lipinski definition) is 4. The second-order valence-corrected chi connectivity index (χ2v) is 8.79. The van der Waals surface area contributed by atoms with Gasteiger partial charge in [0.05, 0.1) is 4.90 Å². The fraction of sp³-hybridized carbons (Fsp3) is 0.238. The molecule has 158 valence electrons. The lowest BCUT2D eigenvalue weighted by molar-refractivity contribution is 0.0685. The highest BCUT2D eigenvalue weighted by atomic mass is 35.5. The lowest BCUT2D eigenvalue weighted by Crippen LogP contribution is -2.13. The zero-order valence-corrected chi connectivity index (χ0v) is 17.9. The molecule has 3 aromatic rings. The maximum absolute atomic E-state index is 11.9. The molecule has 30 heavy (non-hydrogen) atoms. The third-order valence-corrected chi connectivity index (χ3v) is 5.99. The van der Waals surface area contributed by atoms with E-state index in [4.69, 9.17) is 16.7 Å². The molecule has 1 heterocycles. The van der Waals surface area contributed by atoms with E-state index in [1.54, 1.807) is 34.9 Å². The third kappa shape index (κ3) is 4.72. The second kappa shape index (κ2) is 8.99. The van der Waals surface area contributed by atoms with Gasteiger partial charge in [0.1, 0.15) is 5.82 Å². The molecule has 0 atom stereocenters. The van der Waals surface area contributed by atoms with Gasteiger partial charge in [-0.1, -0.05) is 67.4 Å². The van der Waals surface area contributed by atoms with Gasteiger partial charge in [0, 0.05) is 18.5 Å². The van der Waals surface area contributed by atoms with Crippen molar-refractivity contribution in [2.75, 3.05) is 0 Å². The van der Waals surface area contributed by atoms with Gasteiger partial charge in [0.15, 0.2) is 10.8 Å². The first-order valence-electron chi connectivity index (χ1n) is 9.41. The van der Waals surface area contributed by atoms with Gasteiger partial charge < -0.3 is 9.67 Å². The predicted octanol–water partition coefficient (Wildman–Crippen LogP) is 3.94. The molecule has 0 saturated carbocycles. The molecule has 0 bridgehead atoms. The Bertz CT molecular complexity index is 1170. The molecule has 7 nitrogen and oxygen atoms in total. The maximum Gasteiger partial charge on any atom is 0.355 e. The van der Waals surface area contributed by atoms with Gasteiger partial charge >= 0.3 is 5.97 Å². The number of aromatic carboxylic acids is 1. The number of sulfonamides is 1. The molecule has 0 fully saturated rings. The number of nitrogens with two attached hydrogens (primary N) is 1. The van der Waals surface area contributed by atoms with Gasteiger partial charge in [-0.05, 0) is 23.6 Å². The first-order valence-corrected chi connectivity index (χ1v) is 11.3. The average molecular weight is 448 g/mol. The van der Waals surface area contributed by atoms with Gasteiger partial charge in [-0.2, -0.15) is 0 Å². The largest absolute Gasteiger partial charge is 0.476 e. The summed E-state index contributed by atoms with van der Waals surface area (Å²) in [6, 6.07) is 13.7. The first kappa shape index (κ1) is 22.0. The van der Waals surface area contributed by atoms with E-state index in [9.17, 15) is 18.3 Å². The van der Waals surface area contributed by atoms with Crippen LogP contribution in [0.15, 0.2) is 53.4 Å². The second-order valence-electron chi connectivity index (χ2n) is 6.90. The zero-order chi connectivity index (χ0) is 21.9. The third-order valence-electron chi connectivity index (χ3n) is 4.76. The van der Waals surface area contributed by atoms with E-state index < -0.39 is 16.0 Å². The molecular weight excluding hydrogens is 426 g/mol. The summed E-state index contributed by atoms with van der Waals surface area (Å²) in [5.41, 5.74) is 2.00. The summed E-state index contributed by atoms with van der Waals surface area (Å²) in [5, 5.41) is 14.9. The van der Waals surface area contributed by atoms with Crippen molar-refractivity contribution in [2.24, 2.45) is 5.14 Å². The van der Waals surface area contributed by atoms with E-state index in [0.717, 1.165) is 18.4 Å². The van der Waals surface area contributed by atoms with Gasteiger partial charge in [-0.3, -0.25) is 0 Å². The number of aryl methyl sites for hydroxylation is 1. The SMILES string of the molecule is CCCCc1nc(Cl)c(C(=O)O)n1Cc1ccc(-c2ccccc2S(N)(=O)=O)cc1. The minimum absolute atomic E-state index is 0.0210. The van der Waals surface area contributed by atoms with Crippen LogP contribution in [-0.2, 0) is 23.0 Å². The van der Waals surface area contributed by atoms with E-state index in [2.05, 4.69) is 4.98 Å². The van der Waals surface area contributed by atoms with Crippen LogP contribution in [0.3, 0.4) is 0 Å². The molecule has 0 unspecified atom stereocenters. The summed E-state index contributed by atoms with van der Waals surface area (Å²) in [5.74, 6) is -0.503. The number of nitrogens with zero attached hydrogens (tertiary/aromatic N) is 2. The van der Waals surface area contributed by atoms with Crippen LogP contribution in [0.1, 0.15) is 41.6 Å². The molecule has 9 heteroatoms. The number of carboxylic acids is 1. The van der Waals surface area contributed by atoms with Crippen LogP contribution in [0.5, 0.6) is 0 Å². The topological polar surface area (TPSA) is 115 Å². The number of primary sulfonamides is 1. The van der Waals surface area contributed by atoms with Crippen molar-refractivity contribution < 1.29 is 18.3 Å². The standard InChI is InChI=1S/C21H22ClN3O4S/c1-2-3-8-18-24-20(22)19(21(26)27)25(18)13-14-9-11-15(12-10-14)16-6-4-5-7-17(16)30(23,28)29/h4-7,9-12H,2-3,8,13H2,1H3,(H,26,27)(H2,23,28,29). The van der Waals surface area contributed by atoms with Crippen molar-refractivity contribution in [3.05, 3.63) is 70.8 Å². The van der Waals surface area contributed by atoms with E-state index in [0.29, 0.717) is 23.4 Å². The molecular formula is C21H22ClN3O4S. The molecule has 0 amide bonds. The molecule has 2 aromatic carbocycles. The highest BCUT2D eigenvalue weighted by molar-refractivity contribution is 7.89. The number of benzene rings is 2. The van der Waals surface area contributed by atoms with Crippen molar-refractivity contribution in [3.8, 4) is 11.1 Å². The Kier molecular flexibility index (Phi) is 6.60. The fourth-order valence-corrected chi connectivity index (χ4v) is 4.33. The number of carboxylic acid groups (broad SMARTS) is 1. The monoisotopic (exact) mass is 447 g/mol. The van der Waals surface area contributed by atoms with Crippen LogP contribution in [0.25, 0.3) is 11.1 Å². The molecule has 3 N–H and O–H groups in total. The number of carbonyl (C=O) groups is 1. The number of halogens is 1. The molecule has 0 radical (unpaired) electrons. The van der Waals surface area contributed by atoms with Gasteiger partial charge in [0.2, 0.25) is 10.0 Å². The smallest absolute Gasteiger partial charge is 0.355 e. The Hall–Kier alpha value is -2.68. The Labute approximate surface area is 180 Å². The van der Waals surface area contributed by atoms with Crippen LogP contribution in [-0.4, -0.2) is 29.0 Å². The number of aromatic nitrogens is 2. The van der Waals surface area contributed by atoms with Crippen LogP contribution < -0.4 is 5.14 Å². The molecule has 0 spiro atoms. The Morgan fingerprint density at radius 3 is 2.43 bits per heavy atom. The summed E-state index contributed by atoms with van der Waals surface area (Å²) >= 11 is 6.07. The quantitative estimate of drug-likeness (QED) is 0.542. The summed E-state index contributed by atoms with van der Waals surface area (Å²) < 4.78 is 25.3. The average Bonchev–Trinajstić information content (AvgIpc) is 3.01. The molecule has 0 aliphatic rings. The molecule has 0 aliphatic heterocycles. The van der Waals surface area contributed by atoms with E-state index in [-0.39, 0.29) is 22.3 Å². The zero-order valence-electron chi connectivity index (χ0n) is 16.4. The van der Waals surface area contributed by atoms with Gasteiger partial charge in [0.25, 0.3) is 0 Å². The molecule has 3 rings (SSSR count). The Morgan fingerprint density at radius 1 is 1.17 bits per heavy atom. The lowest BCUT2D eigenvalue weighted by Gasteiger charge is -2.12. The molecule has 0 saturated heterocycles. The highest BCUT2D eigenvalue weighted by Gasteiger charge is 2.21. The van der Waals surface area contributed by atoms with E-state index >= 15 is 0 Å². The number of imidazole rings is 1. The maximum atomic E-state index is 11.9. The molecule has 0 aliphatic carbocycles. The summed E-state index contributed by atoms with van der Waals surface area (Å²) in [4.78, 5) is 16.0. The van der Waals surface area contributed by atoms with Gasteiger partial charge in [-0.15, -0.1) is 0 Å². The van der Waals surface area contributed by atoms with Crippen molar-refractivity contribution in [1.82, 2.24) is 9.55 Å². The van der Waals surface area contributed by atoms with Crippen molar-refractivity contribution >= 4 is 27.6 Å².